The Bertz CT molecular complexity index is 414. The molecule has 1 aromatic rings. The lowest BCUT2D eigenvalue weighted by molar-refractivity contribution is -0.108. The van der Waals surface area contributed by atoms with Crippen LogP contribution in [0.2, 0.25) is 0 Å². The summed E-state index contributed by atoms with van der Waals surface area (Å²) in [4.78, 5) is 16.6. The van der Waals surface area contributed by atoms with E-state index in [9.17, 15) is 4.79 Å². The van der Waals surface area contributed by atoms with Crippen molar-refractivity contribution in [2.75, 3.05) is 6.54 Å². The number of aryl methyl sites for hydroxylation is 1. The molecule has 0 saturated carbocycles. The van der Waals surface area contributed by atoms with E-state index in [2.05, 4.69) is 4.98 Å². The van der Waals surface area contributed by atoms with Gasteiger partial charge in [-0.05, 0) is 12.5 Å². The van der Waals surface area contributed by atoms with Crippen LogP contribution < -0.4 is 0 Å². The molecule has 0 bridgehead atoms. The van der Waals surface area contributed by atoms with Crippen LogP contribution in [0.25, 0.3) is 0 Å². The van der Waals surface area contributed by atoms with E-state index < -0.39 is 0 Å². The average Bonchev–Trinajstić information content (AvgIpc) is 2.56. The minimum atomic E-state index is 0.274. The van der Waals surface area contributed by atoms with Gasteiger partial charge in [-0.1, -0.05) is 13.0 Å². The Morgan fingerprint density at radius 2 is 2.40 bits per heavy atom. The van der Waals surface area contributed by atoms with Crippen LogP contribution in [0.3, 0.4) is 0 Å². The molecule has 0 saturated heterocycles. The normalized spacial score (nSPS) is 14.2. The largest absolute Gasteiger partial charge is 0.344 e. The van der Waals surface area contributed by atoms with Gasteiger partial charge >= 0.3 is 0 Å². The molecule has 4 nitrogen and oxygen atoms in total. The van der Waals surface area contributed by atoms with Crippen LogP contribution in [-0.2, 0) is 17.8 Å². The fourth-order valence-electron chi connectivity index (χ4n) is 1.74. The van der Waals surface area contributed by atoms with Crippen molar-refractivity contribution in [1.29, 1.82) is 5.41 Å². The summed E-state index contributed by atoms with van der Waals surface area (Å²) in [5.41, 5.74) is 2.77. The van der Waals surface area contributed by atoms with Gasteiger partial charge in [-0.3, -0.25) is 5.41 Å². The molecule has 4 heteroatoms. The zero-order valence-electron chi connectivity index (χ0n) is 8.66. The summed E-state index contributed by atoms with van der Waals surface area (Å²) in [6, 6.07) is 3.98. The smallest absolute Gasteiger partial charge is 0.148 e. The van der Waals surface area contributed by atoms with Crippen molar-refractivity contribution in [3.63, 3.8) is 0 Å². The van der Waals surface area contributed by atoms with Crippen LogP contribution >= 0.6 is 0 Å². The van der Waals surface area contributed by atoms with Gasteiger partial charge in [0.15, 0.2) is 0 Å². The summed E-state index contributed by atoms with van der Waals surface area (Å²) in [7, 11) is 0. The topological polar surface area (TPSA) is 57.1 Å². The first-order valence-corrected chi connectivity index (χ1v) is 5.02. The van der Waals surface area contributed by atoms with Crippen molar-refractivity contribution in [3.8, 4) is 0 Å². The van der Waals surface area contributed by atoms with E-state index in [1.807, 2.05) is 19.1 Å². The van der Waals surface area contributed by atoms with E-state index in [0.717, 1.165) is 29.7 Å². The first-order chi connectivity index (χ1) is 7.26. The van der Waals surface area contributed by atoms with Crippen molar-refractivity contribution in [2.24, 2.45) is 0 Å². The van der Waals surface area contributed by atoms with E-state index in [0.29, 0.717) is 12.4 Å². The Hall–Kier alpha value is -1.71. The molecule has 0 atom stereocenters. The molecule has 1 aliphatic heterocycles. The lowest BCUT2D eigenvalue weighted by atomic mass is 10.2. The van der Waals surface area contributed by atoms with E-state index in [1.54, 1.807) is 4.90 Å². The predicted octanol–water partition coefficient (Wildman–Crippen LogP) is 0.984. The standard InChI is InChI=1S/C11H13N3O/c1-2-9-4-3-8-7-14(5-6-15)11(12)10(8)13-9/h3-4,6,12H,2,5,7H2,1H3. The lowest BCUT2D eigenvalue weighted by Gasteiger charge is -2.12. The monoisotopic (exact) mass is 203 g/mol. The Balaban J connectivity index is 2.33. The quantitative estimate of drug-likeness (QED) is 0.745. The summed E-state index contributed by atoms with van der Waals surface area (Å²) >= 11 is 0. The molecule has 1 aliphatic rings. The fraction of sp³-hybridized carbons (Fsp3) is 0.364. The Labute approximate surface area is 88.4 Å². The van der Waals surface area contributed by atoms with Gasteiger partial charge in [-0.25, -0.2) is 4.98 Å². The number of hydrogen-bond acceptors (Lipinski definition) is 3. The van der Waals surface area contributed by atoms with Gasteiger partial charge < -0.3 is 9.69 Å². The molecule has 0 fully saturated rings. The van der Waals surface area contributed by atoms with Crippen LogP contribution in [-0.4, -0.2) is 28.6 Å². The molecule has 1 N–H and O–H groups in total. The van der Waals surface area contributed by atoms with E-state index in [-0.39, 0.29) is 6.54 Å². The molecule has 2 heterocycles. The molecule has 78 valence electrons. The minimum Gasteiger partial charge on any atom is -0.344 e. The molecule has 0 unspecified atom stereocenters. The van der Waals surface area contributed by atoms with Crippen molar-refractivity contribution in [2.45, 2.75) is 19.9 Å². The number of aromatic nitrogens is 1. The molecule has 0 radical (unpaired) electrons. The van der Waals surface area contributed by atoms with Crippen molar-refractivity contribution < 1.29 is 4.79 Å². The second-order valence-corrected chi connectivity index (χ2v) is 3.56. The third-order valence-corrected chi connectivity index (χ3v) is 2.60. The predicted molar refractivity (Wildman–Crippen MR) is 56.9 cm³/mol. The number of carbonyl (C=O) groups excluding carboxylic acids is 1. The van der Waals surface area contributed by atoms with Crippen LogP contribution in [0.1, 0.15) is 23.9 Å². The maximum atomic E-state index is 10.4. The fourth-order valence-corrected chi connectivity index (χ4v) is 1.74. The van der Waals surface area contributed by atoms with Crippen molar-refractivity contribution >= 4 is 12.1 Å². The average molecular weight is 203 g/mol. The SMILES string of the molecule is CCc1ccc2c(n1)C(=N)N(CC=O)C2. The maximum Gasteiger partial charge on any atom is 0.148 e. The first-order valence-electron chi connectivity index (χ1n) is 5.02. The highest BCUT2D eigenvalue weighted by atomic mass is 16.1. The molecule has 0 amide bonds. The number of amidine groups is 1. The van der Waals surface area contributed by atoms with Gasteiger partial charge in [0.05, 0.1) is 6.54 Å². The second kappa shape index (κ2) is 3.81. The first kappa shape index (κ1) is 9.83. The zero-order chi connectivity index (χ0) is 10.8. The number of pyridine rings is 1. The number of carbonyl (C=O) groups is 1. The van der Waals surface area contributed by atoms with Gasteiger partial charge in [0, 0.05) is 17.8 Å². The Kier molecular flexibility index (Phi) is 2.49. The molecular weight excluding hydrogens is 190 g/mol. The number of fused-ring (bicyclic) bond motifs is 1. The molecule has 0 spiro atoms. The van der Waals surface area contributed by atoms with Gasteiger partial charge in [0.25, 0.3) is 0 Å². The van der Waals surface area contributed by atoms with Gasteiger partial charge in [-0.2, -0.15) is 0 Å². The van der Waals surface area contributed by atoms with E-state index in [4.69, 9.17) is 5.41 Å². The summed E-state index contributed by atoms with van der Waals surface area (Å²) in [6.45, 7) is 2.94. The Morgan fingerprint density at radius 1 is 1.60 bits per heavy atom. The van der Waals surface area contributed by atoms with E-state index in [1.165, 1.54) is 0 Å². The van der Waals surface area contributed by atoms with Gasteiger partial charge in [-0.15, -0.1) is 0 Å². The van der Waals surface area contributed by atoms with Crippen LogP contribution in [0, 0.1) is 5.41 Å². The molecule has 1 aromatic heterocycles. The summed E-state index contributed by atoms with van der Waals surface area (Å²) in [5.74, 6) is 0.368. The van der Waals surface area contributed by atoms with Crippen LogP contribution in [0.15, 0.2) is 12.1 Å². The molecule has 2 rings (SSSR count). The number of nitrogens with one attached hydrogen (secondary N) is 1. The molecule has 0 aliphatic carbocycles. The summed E-state index contributed by atoms with van der Waals surface area (Å²) < 4.78 is 0. The number of aldehydes is 1. The van der Waals surface area contributed by atoms with Gasteiger partial charge in [0.1, 0.15) is 17.8 Å². The minimum absolute atomic E-state index is 0.274. The second-order valence-electron chi connectivity index (χ2n) is 3.56. The number of hydrogen-bond donors (Lipinski definition) is 1. The van der Waals surface area contributed by atoms with Crippen LogP contribution in [0.5, 0.6) is 0 Å². The molecule has 0 aromatic carbocycles. The van der Waals surface area contributed by atoms with Crippen molar-refractivity contribution in [3.05, 3.63) is 29.1 Å². The third kappa shape index (κ3) is 1.63. The molecular formula is C11H13N3O. The van der Waals surface area contributed by atoms with E-state index >= 15 is 0 Å². The highest BCUT2D eigenvalue weighted by Crippen LogP contribution is 2.20. The summed E-state index contributed by atoms with van der Waals surface area (Å²) in [6.07, 6.45) is 1.69. The summed E-state index contributed by atoms with van der Waals surface area (Å²) in [5, 5.41) is 7.87. The third-order valence-electron chi connectivity index (χ3n) is 2.60. The number of nitrogens with zero attached hydrogens (tertiary/aromatic N) is 2. The zero-order valence-corrected chi connectivity index (χ0v) is 8.66. The highest BCUT2D eigenvalue weighted by Gasteiger charge is 2.24. The van der Waals surface area contributed by atoms with Crippen molar-refractivity contribution in [1.82, 2.24) is 9.88 Å². The molecule has 15 heavy (non-hydrogen) atoms. The Morgan fingerprint density at radius 3 is 3.07 bits per heavy atom. The maximum absolute atomic E-state index is 10.4. The lowest BCUT2D eigenvalue weighted by Crippen LogP contribution is -2.26. The number of rotatable bonds is 3. The van der Waals surface area contributed by atoms with Gasteiger partial charge in [0.2, 0.25) is 0 Å². The van der Waals surface area contributed by atoms with Crippen LogP contribution in [0.4, 0.5) is 0 Å². The highest BCUT2D eigenvalue weighted by molar-refractivity contribution is 5.99.